The van der Waals surface area contributed by atoms with Crippen molar-refractivity contribution in [1.29, 1.82) is 0 Å². The lowest BCUT2D eigenvalue weighted by Crippen LogP contribution is -2.37. The van der Waals surface area contributed by atoms with E-state index in [2.05, 4.69) is 5.92 Å². The van der Waals surface area contributed by atoms with E-state index in [0.717, 1.165) is 36.6 Å². The second-order valence-electron chi connectivity index (χ2n) is 5.52. The van der Waals surface area contributed by atoms with E-state index < -0.39 is 11.4 Å². The fraction of sp³-hybridized carbons (Fsp3) is 0.353. The number of aromatic nitrogens is 1. The predicted octanol–water partition coefficient (Wildman–Crippen LogP) is 3.03. The zero-order valence-electron chi connectivity index (χ0n) is 11.4. The molecule has 20 heavy (non-hydrogen) atoms. The number of amides is 1. The zero-order chi connectivity index (χ0) is 14.2. The Balaban J connectivity index is 2.30. The summed E-state index contributed by atoms with van der Waals surface area (Å²) in [6, 6.07) is 9.78. The van der Waals surface area contributed by atoms with Crippen LogP contribution in [-0.2, 0) is 5.54 Å². The average Bonchev–Trinajstić information content (AvgIpc) is 2.88. The van der Waals surface area contributed by atoms with Gasteiger partial charge >= 0.3 is 0 Å². The summed E-state index contributed by atoms with van der Waals surface area (Å²) in [5.74, 6) is 2.55. The SMILES string of the molecule is C#CC1(n2c(C(N)=O)cc3ccccc32)CCCCC1. The summed E-state index contributed by atoms with van der Waals surface area (Å²) < 4.78 is 2.00. The maximum atomic E-state index is 11.8. The number of carbonyl (C=O) groups excluding carboxylic acids is 1. The number of para-hydroxylation sites is 1. The van der Waals surface area contributed by atoms with Crippen LogP contribution < -0.4 is 5.73 Å². The normalized spacial score (nSPS) is 17.8. The van der Waals surface area contributed by atoms with Gasteiger partial charge in [0.05, 0.1) is 5.52 Å². The molecule has 1 aliphatic rings. The smallest absolute Gasteiger partial charge is 0.265 e. The van der Waals surface area contributed by atoms with E-state index in [0.29, 0.717) is 5.69 Å². The second kappa shape index (κ2) is 4.72. The van der Waals surface area contributed by atoms with Crippen molar-refractivity contribution in [3.8, 4) is 12.3 Å². The summed E-state index contributed by atoms with van der Waals surface area (Å²) in [5, 5.41) is 1.02. The molecule has 1 aliphatic carbocycles. The highest BCUT2D eigenvalue weighted by molar-refractivity contribution is 5.98. The Kier molecular flexibility index (Phi) is 3.02. The third-order valence-corrected chi connectivity index (χ3v) is 4.34. The van der Waals surface area contributed by atoms with Crippen LogP contribution in [0.1, 0.15) is 42.6 Å². The van der Waals surface area contributed by atoms with Crippen molar-refractivity contribution in [1.82, 2.24) is 4.57 Å². The molecule has 1 amide bonds. The number of rotatable bonds is 2. The predicted molar refractivity (Wildman–Crippen MR) is 80.3 cm³/mol. The Morgan fingerprint density at radius 3 is 2.60 bits per heavy atom. The van der Waals surface area contributed by atoms with Crippen LogP contribution in [0.5, 0.6) is 0 Å². The third kappa shape index (κ3) is 1.80. The molecule has 102 valence electrons. The van der Waals surface area contributed by atoms with Gasteiger partial charge in [0.1, 0.15) is 11.2 Å². The molecule has 0 spiro atoms. The van der Waals surface area contributed by atoms with Gasteiger partial charge in [0.2, 0.25) is 0 Å². The van der Waals surface area contributed by atoms with Crippen molar-refractivity contribution in [3.63, 3.8) is 0 Å². The van der Waals surface area contributed by atoms with Gasteiger partial charge in [-0.3, -0.25) is 4.79 Å². The van der Waals surface area contributed by atoms with Crippen LogP contribution in [0.25, 0.3) is 10.9 Å². The summed E-state index contributed by atoms with van der Waals surface area (Å²) in [5.41, 5.74) is 6.68. The standard InChI is InChI=1S/C17H18N2O/c1-2-17(10-6-3-7-11-17)19-14-9-5-4-8-13(14)12-15(19)16(18)20/h1,4-5,8-9,12H,3,6-7,10-11H2,(H2,18,20). The second-order valence-corrected chi connectivity index (χ2v) is 5.52. The van der Waals surface area contributed by atoms with E-state index in [1.807, 2.05) is 34.9 Å². The van der Waals surface area contributed by atoms with Crippen LogP contribution in [0.15, 0.2) is 30.3 Å². The highest BCUT2D eigenvalue weighted by Crippen LogP contribution is 2.38. The Morgan fingerprint density at radius 1 is 1.25 bits per heavy atom. The van der Waals surface area contributed by atoms with E-state index in [-0.39, 0.29) is 0 Å². The first-order valence-electron chi connectivity index (χ1n) is 7.06. The van der Waals surface area contributed by atoms with Crippen molar-refractivity contribution in [2.45, 2.75) is 37.6 Å². The van der Waals surface area contributed by atoms with Crippen molar-refractivity contribution in [2.24, 2.45) is 5.73 Å². The highest BCUT2D eigenvalue weighted by Gasteiger charge is 2.35. The number of nitrogens with zero attached hydrogens (tertiary/aromatic N) is 1. The number of hydrogen-bond acceptors (Lipinski definition) is 1. The zero-order valence-corrected chi connectivity index (χ0v) is 11.4. The van der Waals surface area contributed by atoms with Gasteiger partial charge in [-0.25, -0.2) is 0 Å². The topological polar surface area (TPSA) is 48.0 Å². The lowest BCUT2D eigenvalue weighted by Gasteiger charge is -2.36. The largest absolute Gasteiger partial charge is 0.364 e. The molecule has 3 rings (SSSR count). The van der Waals surface area contributed by atoms with Crippen molar-refractivity contribution < 1.29 is 4.79 Å². The molecule has 0 atom stereocenters. The first kappa shape index (κ1) is 12.8. The van der Waals surface area contributed by atoms with Gasteiger partial charge < -0.3 is 10.3 Å². The average molecular weight is 266 g/mol. The summed E-state index contributed by atoms with van der Waals surface area (Å²) in [6.45, 7) is 0. The van der Waals surface area contributed by atoms with E-state index in [9.17, 15) is 4.79 Å². The summed E-state index contributed by atoms with van der Waals surface area (Å²) in [6.07, 6.45) is 11.1. The van der Waals surface area contributed by atoms with Crippen LogP contribution in [0.2, 0.25) is 0 Å². The van der Waals surface area contributed by atoms with Gasteiger partial charge in [0, 0.05) is 5.39 Å². The number of nitrogens with two attached hydrogens (primary N) is 1. The van der Waals surface area contributed by atoms with E-state index in [1.54, 1.807) is 0 Å². The first-order valence-corrected chi connectivity index (χ1v) is 7.06. The van der Waals surface area contributed by atoms with Gasteiger partial charge in [-0.15, -0.1) is 6.42 Å². The molecule has 2 N–H and O–H groups in total. The number of carbonyl (C=O) groups is 1. The van der Waals surface area contributed by atoms with Crippen molar-refractivity contribution in [3.05, 3.63) is 36.0 Å². The van der Waals surface area contributed by atoms with Crippen LogP contribution in [0.3, 0.4) is 0 Å². The molecule has 2 aromatic rings. The summed E-state index contributed by atoms with van der Waals surface area (Å²) >= 11 is 0. The molecular formula is C17H18N2O. The highest BCUT2D eigenvalue weighted by atomic mass is 16.1. The van der Waals surface area contributed by atoms with Crippen molar-refractivity contribution in [2.75, 3.05) is 0 Å². The minimum Gasteiger partial charge on any atom is -0.364 e. The summed E-state index contributed by atoms with van der Waals surface area (Å²) in [4.78, 5) is 11.8. The number of hydrogen-bond donors (Lipinski definition) is 1. The van der Waals surface area contributed by atoms with Crippen LogP contribution in [0, 0.1) is 12.3 Å². The van der Waals surface area contributed by atoms with Crippen molar-refractivity contribution >= 4 is 16.8 Å². The molecule has 0 bridgehead atoms. The Labute approximate surface area is 118 Å². The number of benzene rings is 1. The Morgan fingerprint density at radius 2 is 1.95 bits per heavy atom. The van der Waals surface area contributed by atoms with E-state index >= 15 is 0 Å². The fourth-order valence-electron chi connectivity index (χ4n) is 3.37. The number of terminal acetylenes is 1. The van der Waals surface area contributed by atoms with Gasteiger partial charge in [-0.2, -0.15) is 0 Å². The molecule has 1 saturated carbocycles. The molecule has 0 radical (unpaired) electrons. The quantitative estimate of drug-likeness (QED) is 0.834. The molecule has 1 fully saturated rings. The van der Waals surface area contributed by atoms with Crippen LogP contribution in [0.4, 0.5) is 0 Å². The molecular weight excluding hydrogens is 248 g/mol. The molecule has 1 heterocycles. The fourth-order valence-corrected chi connectivity index (χ4v) is 3.37. The van der Waals surface area contributed by atoms with Gasteiger partial charge in [0.15, 0.2) is 0 Å². The van der Waals surface area contributed by atoms with Crippen LogP contribution >= 0.6 is 0 Å². The van der Waals surface area contributed by atoms with Gasteiger partial charge in [-0.05, 0) is 25.0 Å². The summed E-state index contributed by atoms with van der Waals surface area (Å²) in [7, 11) is 0. The lowest BCUT2D eigenvalue weighted by atomic mass is 9.81. The molecule has 0 unspecified atom stereocenters. The van der Waals surface area contributed by atoms with Gasteiger partial charge in [-0.1, -0.05) is 43.4 Å². The Hall–Kier alpha value is -2.21. The maximum absolute atomic E-state index is 11.8. The lowest BCUT2D eigenvalue weighted by molar-refractivity contribution is 0.0984. The van der Waals surface area contributed by atoms with E-state index in [4.69, 9.17) is 12.2 Å². The molecule has 1 aromatic heterocycles. The third-order valence-electron chi connectivity index (χ3n) is 4.34. The van der Waals surface area contributed by atoms with Gasteiger partial charge in [0.25, 0.3) is 5.91 Å². The van der Waals surface area contributed by atoms with Crippen LogP contribution in [-0.4, -0.2) is 10.5 Å². The Bertz CT molecular complexity index is 699. The van der Waals surface area contributed by atoms with E-state index in [1.165, 1.54) is 6.42 Å². The monoisotopic (exact) mass is 266 g/mol. The number of primary amides is 1. The number of fused-ring (bicyclic) bond motifs is 1. The first-order chi connectivity index (χ1) is 9.68. The molecule has 1 aromatic carbocycles. The molecule has 3 heteroatoms. The maximum Gasteiger partial charge on any atom is 0.265 e. The molecule has 0 aliphatic heterocycles. The molecule has 0 saturated heterocycles. The minimum atomic E-state index is -0.415. The molecule has 3 nitrogen and oxygen atoms in total. The minimum absolute atomic E-state index is 0.411.